The van der Waals surface area contributed by atoms with E-state index in [1.54, 1.807) is 0 Å². The number of hydrogen-bond acceptors (Lipinski definition) is 3. The quantitative estimate of drug-likeness (QED) is 0.739. The summed E-state index contributed by atoms with van der Waals surface area (Å²) in [4.78, 5) is 0. The molecular weight excluding hydrogens is 200 g/mol. The molecule has 0 amide bonds. The van der Waals surface area contributed by atoms with Crippen molar-refractivity contribution in [2.75, 3.05) is 5.32 Å². The van der Waals surface area contributed by atoms with E-state index in [-0.39, 0.29) is 5.54 Å². The Hall–Kier alpha value is -1.29. The summed E-state index contributed by atoms with van der Waals surface area (Å²) in [6.45, 7) is 5.27. The molecule has 0 bridgehead atoms. The van der Waals surface area contributed by atoms with Crippen molar-refractivity contribution in [3.63, 3.8) is 0 Å². The summed E-state index contributed by atoms with van der Waals surface area (Å²) < 4.78 is 1.97. The molecule has 3 rings (SSSR count). The lowest BCUT2D eigenvalue weighted by Gasteiger charge is -2.21. The van der Waals surface area contributed by atoms with Crippen molar-refractivity contribution in [2.45, 2.75) is 38.4 Å². The van der Waals surface area contributed by atoms with Gasteiger partial charge in [-0.3, -0.25) is 4.68 Å². The molecule has 1 unspecified atom stereocenters. The van der Waals surface area contributed by atoms with E-state index in [9.17, 15) is 0 Å². The van der Waals surface area contributed by atoms with Gasteiger partial charge in [-0.15, -0.1) is 0 Å². The van der Waals surface area contributed by atoms with E-state index in [0.29, 0.717) is 6.04 Å². The van der Waals surface area contributed by atoms with Crippen molar-refractivity contribution in [2.24, 2.45) is 7.05 Å². The Morgan fingerprint density at radius 2 is 2.31 bits per heavy atom. The fourth-order valence-electron chi connectivity index (χ4n) is 2.37. The monoisotopic (exact) mass is 218 g/mol. The molecule has 0 saturated carbocycles. The molecule has 0 spiro atoms. The SMILES string of the molecule is Cn1nc2c(c1NC1C=CC1)CNC2(C)C. The van der Waals surface area contributed by atoms with Gasteiger partial charge in [0.1, 0.15) is 5.82 Å². The van der Waals surface area contributed by atoms with Crippen molar-refractivity contribution in [3.8, 4) is 0 Å². The summed E-state index contributed by atoms with van der Waals surface area (Å²) >= 11 is 0. The summed E-state index contributed by atoms with van der Waals surface area (Å²) in [5.41, 5.74) is 2.51. The molecule has 0 radical (unpaired) electrons. The van der Waals surface area contributed by atoms with Gasteiger partial charge < -0.3 is 10.6 Å². The Balaban J connectivity index is 1.96. The maximum atomic E-state index is 4.62. The zero-order valence-corrected chi connectivity index (χ0v) is 10.0. The lowest BCUT2D eigenvalue weighted by molar-refractivity contribution is 0.423. The number of aromatic nitrogens is 2. The Morgan fingerprint density at radius 3 is 2.94 bits per heavy atom. The van der Waals surface area contributed by atoms with Crippen molar-refractivity contribution in [3.05, 3.63) is 23.4 Å². The Bertz CT molecular complexity index is 456. The van der Waals surface area contributed by atoms with Crippen LogP contribution in [0.3, 0.4) is 0 Å². The molecule has 1 aliphatic carbocycles. The normalized spacial score (nSPS) is 25.3. The molecule has 0 saturated heterocycles. The molecule has 1 aromatic rings. The summed E-state index contributed by atoms with van der Waals surface area (Å²) in [6, 6.07) is 0.489. The molecular formula is C12H18N4. The van der Waals surface area contributed by atoms with Crippen LogP contribution in [0.1, 0.15) is 31.5 Å². The molecule has 2 N–H and O–H groups in total. The second kappa shape index (κ2) is 3.10. The largest absolute Gasteiger partial charge is 0.364 e. The Labute approximate surface area is 95.7 Å². The van der Waals surface area contributed by atoms with Crippen molar-refractivity contribution in [1.82, 2.24) is 15.1 Å². The van der Waals surface area contributed by atoms with Crippen LogP contribution in [0.25, 0.3) is 0 Å². The molecule has 4 nitrogen and oxygen atoms in total. The highest BCUT2D eigenvalue weighted by Crippen LogP contribution is 2.34. The molecule has 2 aliphatic rings. The molecule has 1 aromatic heterocycles. The van der Waals surface area contributed by atoms with Crippen LogP contribution in [0.4, 0.5) is 5.82 Å². The second-order valence-corrected chi connectivity index (χ2v) is 5.19. The van der Waals surface area contributed by atoms with E-state index in [2.05, 4.69) is 41.7 Å². The first-order chi connectivity index (χ1) is 7.58. The van der Waals surface area contributed by atoms with E-state index in [1.807, 2.05) is 11.7 Å². The highest BCUT2D eigenvalue weighted by atomic mass is 15.3. The van der Waals surface area contributed by atoms with Crippen LogP contribution in [0.2, 0.25) is 0 Å². The van der Waals surface area contributed by atoms with Crippen LogP contribution >= 0.6 is 0 Å². The van der Waals surface area contributed by atoms with Crippen LogP contribution < -0.4 is 10.6 Å². The minimum Gasteiger partial charge on any atom is -0.364 e. The van der Waals surface area contributed by atoms with Gasteiger partial charge in [0.05, 0.1) is 11.2 Å². The maximum absolute atomic E-state index is 4.62. The standard InChI is InChI=1S/C12H18N4/c1-12(2)10-9(7-13-12)11(16(3)15-10)14-8-5-4-6-8/h4-5,8,13-14H,6-7H2,1-3H3. The van der Waals surface area contributed by atoms with Gasteiger partial charge >= 0.3 is 0 Å². The van der Waals surface area contributed by atoms with Crippen molar-refractivity contribution >= 4 is 5.82 Å². The van der Waals surface area contributed by atoms with E-state index >= 15 is 0 Å². The third-order valence-electron chi connectivity index (χ3n) is 3.52. The average molecular weight is 218 g/mol. The summed E-state index contributed by atoms with van der Waals surface area (Å²) in [5, 5.41) is 11.6. The molecule has 4 heteroatoms. The number of hydrogen-bond donors (Lipinski definition) is 2. The number of rotatable bonds is 2. The van der Waals surface area contributed by atoms with Crippen LogP contribution in [0.5, 0.6) is 0 Å². The number of fused-ring (bicyclic) bond motifs is 1. The van der Waals surface area contributed by atoms with Gasteiger partial charge in [0.15, 0.2) is 0 Å². The van der Waals surface area contributed by atoms with Crippen molar-refractivity contribution < 1.29 is 0 Å². The predicted octanol–water partition coefficient (Wildman–Crippen LogP) is 1.50. The van der Waals surface area contributed by atoms with Gasteiger partial charge in [0, 0.05) is 25.2 Å². The molecule has 1 atom stereocenters. The van der Waals surface area contributed by atoms with E-state index in [0.717, 1.165) is 13.0 Å². The zero-order chi connectivity index (χ0) is 11.3. The number of nitrogens with one attached hydrogen (secondary N) is 2. The van der Waals surface area contributed by atoms with Gasteiger partial charge in [0.2, 0.25) is 0 Å². The first kappa shape index (κ1) is 9.90. The smallest absolute Gasteiger partial charge is 0.129 e. The minimum atomic E-state index is 0.00246. The minimum absolute atomic E-state index is 0.00246. The van der Waals surface area contributed by atoms with Gasteiger partial charge in [-0.25, -0.2) is 0 Å². The van der Waals surface area contributed by atoms with E-state index in [1.165, 1.54) is 17.1 Å². The molecule has 0 aromatic carbocycles. The summed E-state index contributed by atoms with van der Waals surface area (Å²) in [5.74, 6) is 1.17. The van der Waals surface area contributed by atoms with Crippen molar-refractivity contribution in [1.29, 1.82) is 0 Å². The molecule has 86 valence electrons. The molecule has 16 heavy (non-hydrogen) atoms. The van der Waals surface area contributed by atoms with Gasteiger partial charge in [-0.05, 0) is 20.3 Å². The molecule has 0 fully saturated rings. The Kier molecular flexibility index (Phi) is 1.92. The maximum Gasteiger partial charge on any atom is 0.129 e. The third kappa shape index (κ3) is 1.29. The second-order valence-electron chi connectivity index (χ2n) is 5.19. The summed E-state index contributed by atoms with van der Waals surface area (Å²) in [6.07, 6.45) is 5.51. The number of anilines is 1. The third-order valence-corrected chi connectivity index (χ3v) is 3.52. The van der Waals surface area contributed by atoms with Crippen LogP contribution in [0, 0.1) is 0 Å². The van der Waals surface area contributed by atoms with Crippen LogP contribution in [-0.2, 0) is 19.1 Å². The topological polar surface area (TPSA) is 41.9 Å². The van der Waals surface area contributed by atoms with E-state index < -0.39 is 0 Å². The Morgan fingerprint density at radius 1 is 1.56 bits per heavy atom. The van der Waals surface area contributed by atoms with Crippen LogP contribution in [-0.4, -0.2) is 15.8 Å². The predicted molar refractivity (Wildman–Crippen MR) is 64.2 cm³/mol. The molecule has 1 aliphatic heterocycles. The summed E-state index contributed by atoms with van der Waals surface area (Å²) in [7, 11) is 2.01. The number of aryl methyl sites for hydroxylation is 1. The zero-order valence-electron chi connectivity index (χ0n) is 10.0. The first-order valence-corrected chi connectivity index (χ1v) is 5.82. The number of nitrogens with zero attached hydrogens (tertiary/aromatic N) is 2. The van der Waals surface area contributed by atoms with Crippen LogP contribution in [0.15, 0.2) is 12.2 Å². The van der Waals surface area contributed by atoms with Gasteiger partial charge in [-0.2, -0.15) is 5.10 Å². The highest BCUT2D eigenvalue weighted by Gasteiger charge is 2.35. The fraction of sp³-hybridized carbons (Fsp3) is 0.583. The average Bonchev–Trinajstić information content (AvgIpc) is 2.59. The van der Waals surface area contributed by atoms with Gasteiger partial charge in [0.25, 0.3) is 0 Å². The molecule has 2 heterocycles. The lowest BCUT2D eigenvalue weighted by Crippen LogP contribution is -2.30. The fourth-order valence-corrected chi connectivity index (χ4v) is 2.37. The van der Waals surface area contributed by atoms with E-state index in [4.69, 9.17) is 0 Å². The first-order valence-electron chi connectivity index (χ1n) is 5.82. The highest BCUT2D eigenvalue weighted by molar-refractivity contribution is 5.53. The lowest BCUT2D eigenvalue weighted by atomic mass is 10.0. The van der Waals surface area contributed by atoms with Gasteiger partial charge in [-0.1, -0.05) is 12.2 Å².